The number of rotatable bonds is 6. The van der Waals surface area contributed by atoms with Gasteiger partial charge in [-0.25, -0.2) is 9.18 Å². The third-order valence-corrected chi connectivity index (χ3v) is 3.86. The van der Waals surface area contributed by atoms with Crippen LogP contribution in [0.25, 0.3) is 0 Å². The van der Waals surface area contributed by atoms with Gasteiger partial charge in [-0.1, -0.05) is 42.5 Å². The predicted octanol–water partition coefficient (Wildman–Crippen LogP) is 4.40. The van der Waals surface area contributed by atoms with E-state index in [1.165, 1.54) is 12.1 Å². The van der Waals surface area contributed by atoms with Crippen LogP contribution in [0.4, 0.5) is 4.39 Å². The van der Waals surface area contributed by atoms with E-state index in [9.17, 15) is 14.0 Å². The molecule has 0 fully saturated rings. The number of hydrogen-bond donors (Lipinski definition) is 0. The number of ketones is 1. The molecule has 0 N–H and O–H groups in total. The van der Waals surface area contributed by atoms with Crippen LogP contribution in [-0.2, 0) is 17.6 Å². The highest BCUT2D eigenvalue weighted by atomic mass is 19.1. The van der Waals surface area contributed by atoms with Crippen LogP contribution < -0.4 is 4.74 Å². The third-order valence-electron chi connectivity index (χ3n) is 3.86. The van der Waals surface area contributed by atoms with Gasteiger partial charge < -0.3 is 4.74 Å². The Balaban J connectivity index is 1.57. The molecular weight excluding hydrogens is 331 g/mol. The maximum absolute atomic E-state index is 12.9. The molecule has 0 aromatic heterocycles. The van der Waals surface area contributed by atoms with Crippen molar-refractivity contribution in [2.24, 2.45) is 0 Å². The molecule has 0 aliphatic heterocycles. The summed E-state index contributed by atoms with van der Waals surface area (Å²) in [6.07, 6.45) is 0.503. The van der Waals surface area contributed by atoms with Gasteiger partial charge in [0.05, 0.1) is 5.56 Å². The maximum Gasteiger partial charge on any atom is 0.343 e. The Morgan fingerprint density at radius 1 is 0.731 bits per heavy atom. The molecule has 0 spiro atoms. The van der Waals surface area contributed by atoms with Gasteiger partial charge in [0, 0.05) is 12.8 Å². The molecular formula is C22H17FO3. The molecule has 0 radical (unpaired) electrons. The van der Waals surface area contributed by atoms with Gasteiger partial charge >= 0.3 is 5.97 Å². The lowest BCUT2D eigenvalue weighted by Crippen LogP contribution is -2.09. The lowest BCUT2D eigenvalue weighted by molar-refractivity contribution is -0.117. The van der Waals surface area contributed by atoms with Crippen molar-refractivity contribution in [3.05, 3.63) is 101 Å². The van der Waals surface area contributed by atoms with Crippen LogP contribution in [0.1, 0.15) is 21.5 Å². The molecule has 0 bridgehead atoms. The van der Waals surface area contributed by atoms with Gasteiger partial charge in [0.25, 0.3) is 0 Å². The Morgan fingerprint density at radius 3 is 1.85 bits per heavy atom. The van der Waals surface area contributed by atoms with Gasteiger partial charge in [-0.15, -0.1) is 0 Å². The molecule has 3 aromatic rings. The fourth-order valence-electron chi connectivity index (χ4n) is 2.53. The minimum Gasteiger partial charge on any atom is -0.423 e. The van der Waals surface area contributed by atoms with Crippen LogP contribution in [0.15, 0.2) is 78.9 Å². The molecule has 0 aliphatic rings. The number of Topliss-reactive ketones (excluding diaryl/α,β-unsaturated/α-hetero) is 1. The van der Waals surface area contributed by atoms with Gasteiger partial charge in [0.15, 0.2) is 0 Å². The van der Waals surface area contributed by atoms with Crippen molar-refractivity contribution >= 4 is 11.8 Å². The number of carbonyl (C=O) groups excluding carboxylic acids is 2. The summed E-state index contributed by atoms with van der Waals surface area (Å²) in [5.41, 5.74) is 2.01. The zero-order valence-corrected chi connectivity index (χ0v) is 14.0. The summed E-state index contributed by atoms with van der Waals surface area (Å²) in [5.74, 6) is -0.258. The van der Waals surface area contributed by atoms with Crippen molar-refractivity contribution in [2.75, 3.05) is 0 Å². The molecule has 3 nitrogen and oxygen atoms in total. The Morgan fingerprint density at radius 2 is 1.27 bits per heavy atom. The van der Waals surface area contributed by atoms with Crippen LogP contribution in [0.3, 0.4) is 0 Å². The zero-order chi connectivity index (χ0) is 18.4. The van der Waals surface area contributed by atoms with Gasteiger partial charge in [-0.2, -0.15) is 0 Å². The van der Waals surface area contributed by atoms with Crippen LogP contribution in [0.2, 0.25) is 0 Å². The Hall–Kier alpha value is -3.27. The fourth-order valence-corrected chi connectivity index (χ4v) is 2.53. The van der Waals surface area contributed by atoms with E-state index >= 15 is 0 Å². The maximum atomic E-state index is 12.9. The number of halogens is 1. The Bertz CT molecular complexity index is 885. The first-order chi connectivity index (χ1) is 12.6. The van der Waals surface area contributed by atoms with Crippen LogP contribution >= 0.6 is 0 Å². The molecule has 0 heterocycles. The molecule has 0 saturated carbocycles. The largest absolute Gasteiger partial charge is 0.423 e. The van der Waals surface area contributed by atoms with E-state index in [-0.39, 0.29) is 24.4 Å². The summed E-state index contributed by atoms with van der Waals surface area (Å²) in [6.45, 7) is 0. The summed E-state index contributed by atoms with van der Waals surface area (Å²) in [4.78, 5) is 24.2. The topological polar surface area (TPSA) is 43.4 Å². The second-order valence-corrected chi connectivity index (χ2v) is 5.92. The second kappa shape index (κ2) is 8.21. The predicted molar refractivity (Wildman–Crippen MR) is 96.7 cm³/mol. The van der Waals surface area contributed by atoms with Crippen molar-refractivity contribution in [1.82, 2.24) is 0 Å². The summed E-state index contributed by atoms with van der Waals surface area (Å²) in [6, 6.07) is 21.5. The number of ether oxygens (including phenoxy) is 1. The fraction of sp³-hybridized carbons (Fsp3) is 0.0909. The van der Waals surface area contributed by atoms with E-state index in [0.717, 1.165) is 11.1 Å². The Kier molecular flexibility index (Phi) is 5.54. The normalized spacial score (nSPS) is 10.3. The van der Waals surface area contributed by atoms with Gasteiger partial charge in [0.1, 0.15) is 17.3 Å². The van der Waals surface area contributed by atoms with E-state index in [2.05, 4.69) is 0 Å². The molecule has 26 heavy (non-hydrogen) atoms. The molecule has 0 unspecified atom stereocenters. The number of benzene rings is 3. The van der Waals surface area contributed by atoms with E-state index in [4.69, 9.17) is 4.74 Å². The minimum atomic E-state index is -0.444. The number of hydrogen-bond acceptors (Lipinski definition) is 3. The van der Waals surface area contributed by atoms with Crippen molar-refractivity contribution in [2.45, 2.75) is 12.8 Å². The van der Waals surface area contributed by atoms with Crippen LogP contribution in [0.5, 0.6) is 5.75 Å². The average molecular weight is 348 g/mol. The van der Waals surface area contributed by atoms with Gasteiger partial charge in [0.2, 0.25) is 0 Å². The monoisotopic (exact) mass is 348 g/mol. The van der Waals surface area contributed by atoms with Crippen molar-refractivity contribution < 1.29 is 18.7 Å². The van der Waals surface area contributed by atoms with Gasteiger partial charge in [-0.3, -0.25) is 4.79 Å². The molecule has 0 atom stereocenters. The molecule has 0 aliphatic carbocycles. The zero-order valence-electron chi connectivity index (χ0n) is 14.0. The standard InChI is InChI=1S/C22H17FO3/c23-19-12-8-17(9-13-19)15-20(24)14-16-6-10-18(11-7-16)22(25)26-21-4-2-1-3-5-21/h1-13H,14-15H2. The van der Waals surface area contributed by atoms with Crippen molar-refractivity contribution in [1.29, 1.82) is 0 Å². The third kappa shape index (κ3) is 4.86. The van der Waals surface area contributed by atoms with E-state index in [0.29, 0.717) is 11.3 Å². The summed E-state index contributed by atoms with van der Waals surface area (Å²) in [7, 11) is 0. The van der Waals surface area contributed by atoms with Crippen molar-refractivity contribution in [3.8, 4) is 5.75 Å². The highest BCUT2D eigenvalue weighted by Gasteiger charge is 2.10. The first-order valence-corrected chi connectivity index (χ1v) is 8.22. The molecule has 3 rings (SSSR count). The number of para-hydroxylation sites is 1. The summed E-state index contributed by atoms with van der Waals surface area (Å²) in [5, 5.41) is 0. The first kappa shape index (κ1) is 17.5. The molecule has 3 aromatic carbocycles. The average Bonchev–Trinajstić information content (AvgIpc) is 2.65. The van der Waals surface area contributed by atoms with Crippen LogP contribution in [0, 0.1) is 5.82 Å². The highest BCUT2D eigenvalue weighted by Crippen LogP contribution is 2.13. The SMILES string of the molecule is O=C(Cc1ccc(F)cc1)Cc1ccc(C(=O)Oc2ccccc2)cc1. The minimum absolute atomic E-state index is 0.0243. The molecule has 0 saturated heterocycles. The van der Waals surface area contributed by atoms with E-state index in [1.807, 2.05) is 6.07 Å². The first-order valence-electron chi connectivity index (χ1n) is 8.22. The van der Waals surface area contributed by atoms with E-state index < -0.39 is 5.97 Å². The molecule has 130 valence electrons. The van der Waals surface area contributed by atoms with Crippen LogP contribution in [-0.4, -0.2) is 11.8 Å². The van der Waals surface area contributed by atoms with E-state index in [1.54, 1.807) is 60.7 Å². The Labute approximate surface area is 151 Å². The van der Waals surface area contributed by atoms with Crippen molar-refractivity contribution in [3.63, 3.8) is 0 Å². The molecule has 0 amide bonds. The smallest absolute Gasteiger partial charge is 0.343 e. The molecule has 4 heteroatoms. The number of carbonyl (C=O) groups is 2. The lowest BCUT2D eigenvalue weighted by atomic mass is 10.0. The van der Waals surface area contributed by atoms with Gasteiger partial charge in [-0.05, 0) is 47.5 Å². The quantitative estimate of drug-likeness (QED) is 0.490. The lowest BCUT2D eigenvalue weighted by Gasteiger charge is -2.06. The summed E-state index contributed by atoms with van der Waals surface area (Å²) >= 11 is 0. The number of esters is 1. The highest BCUT2D eigenvalue weighted by molar-refractivity contribution is 5.91. The second-order valence-electron chi connectivity index (χ2n) is 5.92. The summed E-state index contributed by atoms with van der Waals surface area (Å²) < 4.78 is 18.2.